The summed E-state index contributed by atoms with van der Waals surface area (Å²) in [6.45, 7) is 15.7. The summed E-state index contributed by atoms with van der Waals surface area (Å²) in [5.74, 6) is 1.96. The van der Waals surface area contributed by atoms with Gasteiger partial charge in [0.2, 0.25) is 0 Å². The molecule has 4 unspecified atom stereocenters. The molecule has 2 rings (SSSR count). The molecule has 0 amide bonds. The van der Waals surface area contributed by atoms with E-state index >= 15 is 0 Å². The fraction of sp³-hybridized carbons (Fsp3) is 1.00. The first-order valence-electron chi connectivity index (χ1n) is 9.37. The second-order valence-electron chi connectivity index (χ2n) is 8.81. The number of nitrogens with one attached hydrogen (secondary N) is 1. The smallest absolute Gasteiger partial charge is 0.0244 e. The van der Waals surface area contributed by atoms with Gasteiger partial charge in [-0.1, -0.05) is 53.9 Å². The van der Waals surface area contributed by atoms with Gasteiger partial charge in [-0.15, -0.1) is 0 Å². The highest BCUT2D eigenvalue weighted by atomic mass is 15.2. The Morgan fingerprint density at radius 1 is 1.19 bits per heavy atom. The fourth-order valence-corrected chi connectivity index (χ4v) is 4.28. The van der Waals surface area contributed by atoms with Gasteiger partial charge < -0.3 is 5.32 Å². The Bertz CT molecular complexity index is 307. The summed E-state index contributed by atoms with van der Waals surface area (Å²) < 4.78 is 0. The third kappa shape index (κ3) is 4.96. The van der Waals surface area contributed by atoms with Crippen LogP contribution in [0.1, 0.15) is 73.1 Å². The van der Waals surface area contributed by atoms with E-state index in [9.17, 15) is 0 Å². The average Bonchev–Trinajstić information content (AvgIpc) is 2.44. The Kier molecular flexibility index (Phi) is 6.14. The van der Waals surface area contributed by atoms with E-state index in [1.54, 1.807) is 0 Å². The first kappa shape index (κ1) is 17.3. The van der Waals surface area contributed by atoms with E-state index in [1.165, 1.54) is 58.2 Å². The van der Waals surface area contributed by atoms with Gasteiger partial charge in [-0.2, -0.15) is 0 Å². The molecule has 21 heavy (non-hydrogen) atoms. The predicted octanol–water partition coefficient (Wildman–Crippen LogP) is 4.30. The molecule has 1 saturated heterocycles. The van der Waals surface area contributed by atoms with Crippen molar-refractivity contribution < 1.29 is 0 Å². The minimum atomic E-state index is 0.371. The van der Waals surface area contributed by atoms with Gasteiger partial charge in [-0.3, -0.25) is 4.90 Å². The highest BCUT2D eigenvalue weighted by Gasteiger charge is 2.33. The van der Waals surface area contributed by atoms with E-state index in [2.05, 4.69) is 44.8 Å². The summed E-state index contributed by atoms with van der Waals surface area (Å²) in [5.41, 5.74) is 0.371. The molecular weight excluding hydrogens is 256 g/mol. The molecule has 0 aromatic carbocycles. The third-order valence-corrected chi connectivity index (χ3v) is 5.92. The van der Waals surface area contributed by atoms with Crippen molar-refractivity contribution in [3.63, 3.8) is 0 Å². The quantitative estimate of drug-likeness (QED) is 0.831. The van der Waals surface area contributed by atoms with Gasteiger partial charge >= 0.3 is 0 Å². The summed E-state index contributed by atoms with van der Waals surface area (Å²) in [5, 5.41) is 3.79. The molecule has 2 aliphatic rings. The Balaban J connectivity index is 1.85. The topological polar surface area (TPSA) is 15.3 Å². The van der Waals surface area contributed by atoms with Crippen LogP contribution in [0.15, 0.2) is 0 Å². The maximum Gasteiger partial charge on any atom is 0.0244 e. The van der Waals surface area contributed by atoms with Crippen LogP contribution in [-0.4, -0.2) is 36.6 Å². The number of hydrogen-bond acceptors (Lipinski definition) is 2. The van der Waals surface area contributed by atoms with Gasteiger partial charge in [0.05, 0.1) is 0 Å². The molecule has 1 N–H and O–H groups in total. The summed E-state index contributed by atoms with van der Waals surface area (Å²) in [6, 6.07) is 1.40. The summed E-state index contributed by atoms with van der Waals surface area (Å²) in [7, 11) is 0. The van der Waals surface area contributed by atoms with Crippen LogP contribution in [0.25, 0.3) is 0 Å². The molecule has 124 valence electrons. The fourth-order valence-electron chi connectivity index (χ4n) is 4.28. The largest absolute Gasteiger partial charge is 0.311 e. The van der Waals surface area contributed by atoms with Crippen molar-refractivity contribution >= 4 is 0 Å². The molecule has 1 aliphatic carbocycles. The van der Waals surface area contributed by atoms with E-state index in [0.717, 1.165) is 17.9 Å². The van der Waals surface area contributed by atoms with Crippen molar-refractivity contribution in [1.29, 1.82) is 0 Å². The molecule has 1 aliphatic heterocycles. The van der Waals surface area contributed by atoms with Gasteiger partial charge in [-0.05, 0) is 43.1 Å². The van der Waals surface area contributed by atoms with Gasteiger partial charge in [0.25, 0.3) is 0 Å². The molecule has 0 radical (unpaired) electrons. The van der Waals surface area contributed by atoms with Gasteiger partial charge in [0.1, 0.15) is 0 Å². The molecule has 1 heterocycles. The lowest BCUT2D eigenvalue weighted by Crippen LogP contribution is -2.60. The van der Waals surface area contributed by atoms with Crippen LogP contribution in [0, 0.1) is 17.3 Å². The first-order chi connectivity index (χ1) is 9.90. The van der Waals surface area contributed by atoms with Crippen molar-refractivity contribution in [3.8, 4) is 0 Å². The summed E-state index contributed by atoms with van der Waals surface area (Å²) >= 11 is 0. The Morgan fingerprint density at radius 2 is 1.95 bits per heavy atom. The number of rotatable bonds is 4. The van der Waals surface area contributed by atoms with Crippen LogP contribution in [0.5, 0.6) is 0 Å². The van der Waals surface area contributed by atoms with Crippen molar-refractivity contribution in [3.05, 3.63) is 0 Å². The van der Waals surface area contributed by atoms with Crippen molar-refractivity contribution in [2.75, 3.05) is 19.6 Å². The molecule has 0 bridgehead atoms. The van der Waals surface area contributed by atoms with E-state index in [4.69, 9.17) is 0 Å². The Hall–Kier alpha value is -0.0800. The molecule has 2 heteroatoms. The second kappa shape index (κ2) is 7.46. The average molecular weight is 295 g/mol. The van der Waals surface area contributed by atoms with Crippen molar-refractivity contribution in [1.82, 2.24) is 10.2 Å². The second-order valence-corrected chi connectivity index (χ2v) is 8.81. The zero-order chi connectivity index (χ0) is 15.5. The molecule has 2 nitrogen and oxygen atoms in total. The molecule has 0 spiro atoms. The van der Waals surface area contributed by atoms with E-state index in [1.807, 2.05) is 0 Å². The predicted molar refractivity (Wildman–Crippen MR) is 92.6 cm³/mol. The van der Waals surface area contributed by atoms with Crippen LogP contribution in [0.2, 0.25) is 0 Å². The first-order valence-corrected chi connectivity index (χ1v) is 9.37. The number of nitrogens with zero attached hydrogens (tertiary/aromatic N) is 1. The lowest BCUT2D eigenvalue weighted by Gasteiger charge is -2.45. The van der Waals surface area contributed by atoms with Crippen LogP contribution in [0.4, 0.5) is 0 Å². The minimum absolute atomic E-state index is 0.371. The van der Waals surface area contributed by atoms with E-state index in [0.29, 0.717) is 11.5 Å². The summed E-state index contributed by atoms with van der Waals surface area (Å²) in [4.78, 5) is 2.80. The van der Waals surface area contributed by atoms with Crippen molar-refractivity contribution in [2.45, 2.75) is 85.2 Å². The van der Waals surface area contributed by atoms with Crippen LogP contribution < -0.4 is 5.32 Å². The highest BCUT2D eigenvalue weighted by Crippen LogP contribution is 2.31. The SMILES string of the molecule is CCC1CNC(C(C)(C)C)CN1CCC1CCCC(C)C1. The zero-order valence-corrected chi connectivity index (χ0v) is 15.1. The maximum absolute atomic E-state index is 3.79. The standard InChI is InChI=1S/C19H38N2/c1-6-17-13-20-18(19(3,4)5)14-21(17)11-10-16-9-7-8-15(2)12-16/h15-18,20H,6-14H2,1-5H3. The van der Waals surface area contributed by atoms with E-state index < -0.39 is 0 Å². The van der Waals surface area contributed by atoms with Crippen molar-refractivity contribution in [2.24, 2.45) is 17.3 Å². The van der Waals surface area contributed by atoms with E-state index in [-0.39, 0.29) is 0 Å². The van der Waals surface area contributed by atoms with Crippen LogP contribution in [-0.2, 0) is 0 Å². The molecule has 0 aromatic heterocycles. The lowest BCUT2D eigenvalue weighted by molar-refractivity contribution is 0.0751. The zero-order valence-electron chi connectivity index (χ0n) is 15.1. The lowest BCUT2D eigenvalue weighted by atomic mass is 9.80. The third-order valence-electron chi connectivity index (χ3n) is 5.92. The van der Waals surface area contributed by atoms with Gasteiger partial charge in [-0.25, -0.2) is 0 Å². The molecule has 4 atom stereocenters. The molecule has 0 aromatic rings. The molecular formula is C19H38N2. The summed E-state index contributed by atoms with van der Waals surface area (Å²) in [6.07, 6.45) is 8.60. The van der Waals surface area contributed by atoms with Gasteiger partial charge in [0, 0.05) is 25.2 Å². The monoisotopic (exact) mass is 294 g/mol. The van der Waals surface area contributed by atoms with Crippen LogP contribution >= 0.6 is 0 Å². The highest BCUT2D eigenvalue weighted by molar-refractivity contribution is 4.91. The molecule has 2 fully saturated rings. The van der Waals surface area contributed by atoms with Crippen LogP contribution in [0.3, 0.4) is 0 Å². The minimum Gasteiger partial charge on any atom is -0.311 e. The maximum atomic E-state index is 3.79. The Labute approximate surface area is 133 Å². The molecule has 1 saturated carbocycles. The Morgan fingerprint density at radius 3 is 2.57 bits per heavy atom. The van der Waals surface area contributed by atoms with Gasteiger partial charge in [0.15, 0.2) is 0 Å². The number of hydrogen-bond donors (Lipinski definition) is 1. The normalized spacial score (nSPS) is 35.9. The number of piperazine rings is 1.